The molecule has 2 rings (SSSR count). The van der Waals surface area contributed by atoms with Crippen LogP contribution in [0.1, 0.15) is 25.2 Å². The van der Waals surface area contributed by atoms with Crippen molar-refractivity contribution in [2.75, 3.05) is 14.2 Å². The molecule has 0 aliphatic heterocycles. The number of aromatic nitrogens is 4. The standard InChI is InChI=1S/C13H18N4O2/c1-5-9-7-10(6-2)17(16-9)13-14-11(18-3)8-12(15-13)19-4/h7-8H,5-6H2,1-4H3. The molecule has 0 aliphatic rings. The zero-order valence-electron chi connectivity index (χ0n) is 11.7. The monoisotopic (exact) mass is 262 g/mol. The first kappa shape index (κ1) is 13.3. The van der Waals surface area contributed by atoms with E-state index in [9.17, 15) is 0 Å². The van der Waals surface area contributed by atoms with Crippen LogP contribution in [0, 0.1) is 0 Å². The molecule has 0 aliphatic carbocycles. The van der Waals surface area contributed by atoms with Gasteiger partial charge in [-0.15, -0.1) is 0 Å². The third kappa shape index (κ3) is 2.67. The molecular formula is C13H18N4O2. The lowest BCUT2D eigenvalue weighted by atomic mass is 10.3. The van der Waals surface area contributed by atoms with E-state index in [1.54, 1.807) is 25.0 Å². The van der Waals surface area contributed by atoms with Crippen molar-refractivity contribution in [1.29, 1.82) is 0 Å². The normalized spacial score (nSPS) is 10.5. The highest BCUT2D eigenvalue weighted by atomic mass is 16.5. The number of rotatable bonds is 5. The fourth-order valence-electron chi connectivity index (χ4n) is 1.77. The van der Waals surface area contributed by atoms with E-state index in [2.05, 4.69) is 35.0 Å². The highest BCUT2D eigenvalue weighted by Crippen LogP contribution is 2.18. The average molecular weight is 262 g/mol. The number of aryl methyl sites for hydroxylation is 2. The molecule has 0 aromatic carbocycles. The largest absolute Gasteiger partial charge is 0.481 e. The molecule has 6 nitrogen and oxygen atoms in total. The van der Waals surface area contributed by atoms with Crippen LogP contribution in [-0.4, -0.2) is 34.0 Å². The smallest absolute Gasteiger partial charge is 0.257 e. The molecule has 19 heavy (non-hydrogen) atoms. The van der Waals surface area contributed by atoms with Gasteiger partial charge in [-0.2, -0.15) is 15.1 Å². The Labute approximate surface area is 112 Å². The Bertz CT molecular complexity index is 544. The van der Waals surface area contributed by atoms with Gasteiger partial charge in [0.25, 0.3) is 5.95 Å². The van der Waals surface area contributed by atoms with Crippen molar-refractivity contribution in [2.45, 2.75) is 26.7 Å². The van der Waals surface area contributed by atoms with Gasteiger partial charge in [-0.05, 0) is 18.9 Å². The SMILES string of the molecule is CCc1cc(CC)n(-c2nc(OC)cc(OC)n2)n1. The number of ether oxygens (including phenoxy) is 2. The van der Waals surface area contributed by atoms with Crippen molar-refractivity contribution >= 4 is 0 Å². The summed E-state index contributed by atoms with van der Waals surface area (Å²) in [6, 6.07) is 3.70. The Balaban J connectivity index is 2.53. The van der Waals surface area contributed by atoms with E-state index < -0.39 is 0 Å². The molecule has 0 bridgehead atoms. The summed E-state index contributed by atoms with van der Waals surface area (Å²) in [5.74, 6) is 1.38. The fraction of sp³-hybridized carbons (Fsp3) is 0.462. The molecule has 0 spiro atoms. The van der Waals surface area contributed by atoms with Crippen LogP contribution in [0.5, 0.6) is 11.8 Å². The Morgan fingerprint density at radius 2 is 1.63 bits per heavy atom. The summed E-state index contributed by atoms with van der Waals surface area (Å²) in [6.45, 7) is 4.14. The molecule has 2 heterocycles. The highest BCUT2D eigenvalue weighted by molar-refractivity contribution is 5.28. The van der Waals surface area contributed by atoms with Gasteiger partial charge in [-0.25, -0.2) is 4.68 Å². The second-order valence-corrected chi connectivity index (χ2v) is 4.00. The van der Waals surface area contributed by atoms with Crippen LogP contribution >= 0.6 is 0 Å². The number of methoxy groups -OCH3 is 2. The second kappa shape index (κ2) is 5.69. The molecule has 6 heteroatoms. The van der Waals surface area contributed by atoms with Crippen LogP contribution < -0.4 is 9.47 Å². The van der Waals surface area contributed by atoms with E-state index in [1.165, 1.54) is 0 Å². The maximum atomic E-state index is 5.15. The number of hydrogen-bond donors (Lipinski definition) is 0. The second-order valence-electron chi connectivity index (χ2n) is 4.00. The quantitative estimate of drug-likeness (QED) is 0.822. The molecule has 0 fully saturated rings. The van der Waals surface area contributed by atoms with Crippen molar-refractivity contribution in [1.82, 2.24) is 19.7 Å². The van der Waals surface area contributed by atoms with Gasteiger partial charge in [0.15, 0.2) is 0 Å². The van der Waals surface area contributed by atoms with Crippen LogP contribution in [0.4, 0.5) is 0 Å². The topological polar surface area (TPSA) is 62.1 Å². The van der Waals surface area contributed by atoms with E-state index in [0.717, 1.165) is 24.2 Å². The molecule has 0 N–H and O–H groups in total. The number of hydrogen-bond acceptors (Lipinski definition) is 5. The van der Waals surface area contributed by atoms with Crippen LogP contribution in [0.3, 0.4) is 0 Å². The van der Waals surface area contributed by atoms with Crippen molar-refractivity contribution < 1.29 is 9.47 Å². The first-order valence-corrected chi connectivity index (χ1v) is 6.27. The van der Waals surface area contributed by atoms with E-state index in [1.807, 2.05) is 0 Å². The zero-order chi connectivity index (χ0) is 13.8. The molecule has 0 radical (unpaired) electrons. The summed E-state index contributed by atoms with van der Waals surface area (Å²) >= 11 is 0. The Morgan fingerprint density at radius 1 is 1.00 bits per heavy atom. The molecule has 0 saturated heterocycles. The minimum Gasteiger partial charge on any atom is -0.481 e. The van der Waals surface area contributed by atoms with Crippen LogP contribution in [0.15, 0.2) is 12.1 Å². The molecular weight excluding hydrogens is 244 g/mol. The van der Waals surface area contributed by atoms with Crippen molar-refractivity contribution in [3.8, 4) is 17.7 Å². The number of nitrogens with zero attached hydrogens (tertiary/aromatic N) is 4. The maximum Gasteiger partial charge on any atom is 0.257 e. The lowest BCUT2D eigenvalue weighted by Crippen LogP contribution is -2.08. The molecule has 0 amide bonds. The van der Waals surface area contributed by atoms with Crippen molar-refractivity contribution in [3.05, 3.63) is 23.5 Å². The van der Waals surface area contributed by atoms with Gasteiger partial charge in [0.2, 0.25) is 11.8 Å². The van der Waals surface area contributed by atoms with Gasteiger partial charge in [0.05, 0.1) is 26.0 Å². The van der Waals surface area contributed by atoms with Crippen LogP contribution in [0.2, 0.25) is 0 Å². The average Bonchev–Trinajstić information content (AvgIpc) is 2.90. The zero-order valence-corrected chi connectivity index (χ0v) is 11.7. The molecule has 0 atom stereocenters. The Hall–Kier alpha value is -2.11. The van der Waals surface area contributed by atoms with Gasteiger partial charge in [0.1, 0.15) is 0 Å². The molecule has 2 aromatic rings. The minimum atomic E-state index is 0.456. The maximum absolute atomic E-state index is 5.15. The van der Waals surface area contributed by atoms with Crippen molar-refractivity contribution in [2.24, 2.45) is 0 Å². The lowest BCUT2D eigenvalue weighted by Gasteiger charge is -2.08. The molecule has 0 unspecified atom stereocenters. The first-order valence-electron chi connectivity index (χ1n) is 6.27. The third-order valence-electron chi connectivity index (χ3n) is 2.83. The van der Waals surface area contributed by atoms with Gasteiger partial charge < -0.3 is 9.47 Å². The Morgan fingerprint density at radius 3 is 2.11 bits per heavy atom. The van der Waals surface area contributed by atoms with Gasteiger partial charge in [0, 0.05) is 5.69 Å². The predicted octanol–water partition coefficient (Wildman–Crippen LogP) is 1.80. The van der Waals surface area contributed by atoms with E-state index in [0.29, 0.717) is 17.7 Å². The molecule has 102 valence electrons. The van der Waals surface area contributed by atoms with Gasteiger partial charge in [-0.1, -0.05) is 13.8 Å². The van der Waals surface area contributed by atoms with E-state index >= 15 is 0 Å². The van der Waals surface area contributed by atoms with E-state index in [4.69, 9.17) is 9.47 Å². The van der Waals surface area contributed by atoms with Gasteiger partial charge in [-0.3, -0.25) is 0 Å². The summed E-state index contributed by atoms with van der Waals surface area (Å²) in [6.07, 6.45) is 1.73. The summed E-state index contributed by atoms with van der Waals surface area (Å²) in [7, 11) is 3.12. The molecule has 2 aromatic heterocycles. The van der Waals surface area contributed by atoms with Gasteiger partial charge >= 0.3 is 0 Å². The van der Waals surface area contributed by atoms with E-state index in [-0.39, 0.29) is 0 Å². The highest BCUT2D eigenvalue weighted by Gasteiger charge is 2.12. The summed E-state index contributed by atoms with van der Waals surface area (Å²) in [4.78, 5) is 8.63. The molecule has 0 saturated carbocycles. The Kier molecular flexibility index (Phi) is 3.99. The first-order chi connectivity index (χ1) is 9.21. The minimum absolute atomic E-state index is 0.456. The fourth-order valence-corrected chi connectivity index (χ4v) is 1.77. The summed E-state index contributed by atoms with van der Waals surface area (Å²) < 4.78 is 12.0. The third-order valence-corrected chi connectivity index (χ3v) is 2.83. The van der Waals surface area contributed by atoms with Crippen LogP contribution in [-0.2, 0) is 12.8 Å². The van der Waals surface area contributed by atoms with Crippen LogP contribution in [0.25, 0.3) is 5.95 Å². The predicted molar refractivity (Wildman–Crippen MR) is 71.0 cm³/mol. The lowest BCUT2D eigenvalue weighted by molar-refractivity contribution is 0.369. The summed E-state index contributed by atoms with van der Waals surface area (Å²) in [5, 5.41) is 4.50. The summed E-state index contributed by atoms with van der Waals surface area (Å²) in [5.41, 5.74) is 2.08. The van der Waals surface area contributed by atoms with Crippen molar-refractivity contribution in [3.63, 3.8) is 0 Å².